The molecule has 2 aromatic rings. The molecule has 0 radical (unpaired) electrons. The Morgan fingerprint density at radius 3 is 2.46 bits per heavy atom. The van der Waals surface area contributed by atoms with Crippen LogP contribution >= 0.6 is 0 Å². The molecule has 2 N–H and O–H groups in total. The van der Waals surface area contributed by atoms with Gasteiger partial charge in [0.05, 0.1) is 11.8 Å². The molecule has 1 atom stereocenters. The van der Waals surface area contributed by atoms with Crippen LogP contribution in [0.25, 0.3) is 0 Å². The van der Waals surface area contributed by atoms with Crippen molar-refractivity contribution < 1.29 is 13.9 Å². The minimum atomic E-state index is -0.476. The van der Waals surface area contributed by atoms with Crippen LogP contribution in [0.2, 0.25) is 0 Å². The number of ether oxygens (including phenoxy) is 1. The standard InChI is InChI=1S/C32H47FN6O2/c1-22(2)39(23(3)4)31(40)27-17-25(33)5-6-28(27)41-29-18-35-21-36-30(29)38-14-9-24(20-38)19-37-15-12-32(13-16-37)10-7-26(34)8-11-32/h5-6,17-18,21-24,26H,7-16,19-20,34H2,1-4H3/t24-/m0/s1. The summed E-state index contributed by atoms with van der Waals surface area (Å²) in [4.78, 5) is 28.9. The summed E-state index contributed by atoms with van der Waals surface area (Å²) in [6, 6.07) is 4.43. The number of piperidine rings is 1. The molecule has 1 aliphatic carbocycles. The Labute approximate surface area is 244 Å². The molecule has 1 aromatic carbocycles. The smallest absolute Gasteiger partial charge is 0.258 e. The van der Waals surface area contributed by atoms with Crippen molar-refractivity contribution in [2.24, 2.45) is 17.1 Å². The van der Waals surface area contributed by atoms with Gasteiger partial charge in [-0.1, -0.05) is 0 Å². The molecular formula is C32H47FN6O2. The Balaban J connectivity index is 1.24. The highest BCUT2D eigenvalue weighted by molar-refractivity contribution is 5.97. The minimum Gasteiger partial charge on any atom is -0.451 e. The fourth-order valence-corrected chi connectivity index (χ4v) is 7.20. The summed E-state index contributed by atoms with van der Waals surface area (Å²) in [5.74, 6) is 1.32. The van der Waals surface area contributed by atoms with Gasteiger partial charge in [-0.05, 0) is 115 Å². The van der Waals surface area contributed by atoms with E-state index in [9.17, 15) is 9.18 Å². The molecule has 2 aliphatic heterocycles. The van der Waals surface area contributed by atoms with Crippen molar-refractivity contribution in [2.75, 3.05) is 37.6 Å². The van der Waals surface area contributed by atoms with Crippen molar-refractivity contribution in [1.82, 2.24) is 19.8 Å². The van der Waals surface area contributed by atoms with Crippen LogP contribution in [-0.2, 0) is 0 Å². The summed E-state index contributed by atoms with van der Waals surface area (Å²) in [6.07, 6.45) is 11.8. The maximum atomic E-state index is 14.3. The number of likely N-dealkylation sites (tertiary alicyclic amines) is 1. The Kier molecular flexibility index (Phi) is 9.14. The molecule has 41 heavy (non-hydrogen) atoms. The molecule has 8 nitrogen and oxygen atoms in total. The summed E-state index contributed by atoms with van der Waals surface area (Å²) in [6.45, 7) is 13.1. The summed E-state index contributed by atoms with van der Waals surface area (Å²) in [5.41, 5.74) is 6.90. The molecule has 0 bridgehead atoms. The molecule has 3 heterocycles. The largest absolute Gasteiger partial charge is 0.451 e. The fraction of sp³-hybridized carbons (Fsp3) is 0.656. The Hall–Kier alpha value is -2.78. The van der Waals surface area contributed by atoms with Gasteiger partial charge in [0.2, 0.25) is 0 Å². The highest BCUT2D eigenvalue weighted by atomic mass is 19.1. The van der Waals surface area contributed by atoms with Crippen LogP contribution in [0, 0.1) is 17.2 Å². The van der Waals surface area contributed by atoms with Crippen molar-refractivity contribution in [3.05, 3.63) is 42.1 Å². The molecule has 3 fully saturated rings. The third-order valence-electron chi connectivity index (χ3n) is 9.51. The lowest BCUT2D eigenvalue weighted by molar-refractivity contribution is 0.0567. The van der Waals surface area contributed by atoms with E-state index < -0.39 is 5.82 Å². The van der Waals surface area contributed by atoms with Crippen molar-refractivity contribution in [1.29, 1.82) is 0 Å². The van der Waals surface area contributed by atoms with E-state index in [1.807, 2.05) is 27.7 Å². The molecule has 5 rings (SSSR count). The van der Waals surface area contributed by atoms with E-state index in [1.54, 1.807) is 11.1 Å². The van der Waals surface area contributed by atoms with E-state index in [2.05, 4.69) is 19.8 Å². The maximum absolute atomic E-state index is 14.3. The van der Waals surface area contributed by atoms with Gasteiger partial charge in [-0.25, -0.2) is 14.4 Å². The van der Waals surface area contributed by atoms with Crippen LogP contribution in [-0.4, -0.2) is 76.5 Å². The Bertz CT molecular complexity index is 1180. The number of nitrogens with zero attached hydrogens (tertiary/aromatic N) is 5. The lowest BCUT2D eigenvalue weighted by Gasteiger charge is -2.46. The second kappa shape index (κ2) is 12.6. The van der Waals surface area contributed by atoms with Crippen LogP contribution in [0.5, 0.6) is 11.5 Å². The highest BCUT2D eigenvalue weighted by Crippen LogP contribution is 2.44. The molecular weight excluding hydrogens is 519 g/mol. The van der Waals surface area contributed by atoms with Gasteiger partial charge in [0, 0.05) is 37.8 Å². The van der Waals surface area contributed by atoms with Gasteiger partial charge in [0.15, 0.2) is 11.6 Å². The average molecular weight is 567 g/mol. The number of anilines is 1. The number of halogens is 1. The lowest BCUT2D eigenvalue weighted by Crippen LogP contribution is -2.45. The van der Waals surface area contributed by atoms with E-state index in [4.69, 9.17) is 10.5 Å². The number of benzene rings is 1. The molecule has 0 unspecified atom stereocenters. The SMILES string of the molecule is CC(C)N(C(=O)c1cc(F)ccc1Oc1cncnc1N1CC[C@@H](CN2CCC3(CCC(N)CC3)CC2)C1)C(C)C. The second-order valence-electron chi connectivity index (χ2n) is 13.1. The monoisotopic (exact) mass is 566 g/mol. The first-order valence-corrected chi connectivity index (χ1v) is 15.5. The fourth-order valence-electron chi connectivity index (χ4n) is 7.20. The molecule has 1 saturated carbocycles. The first kappa shape index (κ1) is 29.7. The zero-order valence-electron chi connectivity index (χ0n) is 25.2. The summed E-state index contributed by atoms with van der Waals surface area (Å²) >= 11 is 0. The third-order valence-corrected chi connectivity index (χ3v) is 9.51. The summed E-state index contributed by atoms with van der Waals surface area (Å²) < 4.78 is 20.6. The van der Waals surface area contributed by atoms with E-state index in [-0.39, 0.29) is 23.6 Å². The van der Waals surface area contributed by atoms with Crippen LogP contribution in [0.15, 0.2) is 30.7 Å². The van der Waals surface area contributed by atoms with E-state index in [0.717, 1.165) is 26.1 Å². The van der Waals surface area contributed by atoms with Gasteiger partial charge in [0.25, 0.3) is 5.91 Å². The van der Waals surface area contributed by atoms with Gasteiger partial charge in [0.1, 0.15) is 17.9 Å². The quantitative estimate of drug-likeness (QED) is 0.453. The molecule has 1 amide bonds. The van der Waals surface area contributed by atoms with Crippen LogP contribution in [0.4, 0.5) is 10.2 Å². The number of hydrogen-bond acceptors (Lipinski definition) is 7. The molecule has 9 heteroatoms. The predicted molar refractivity (Wildman–Crippen MR) is 160 cm³/mol. The summed E-state index contributed by atoms with van der Waals surface area (Å²) in [5, 5.41) is 0. The molecule has 2 saturated heterocycles. The van der Waals surface area contributed by atoms with Crippen molar-refractivity contribution in [3.8, 4) is 11.5 Å². The molecule has 3 aliphatic rings. The summed E-state index contributed by atoms with van der Waals surface area (Å²) in [7, 11) is 0. The van der Waals surface area contributed by atoms with E-state index >= 15 is 0 Å². The van der Waals surface area contributed by atoms with Crippen LogP contribution in [0.1, 0.15) is 83.0 Å². The topological polar surface area (TPSA) is 87.8 Å². The van der Waals surface area contributed by atoms with Gasteiger partial charge in [-0.3, -0.25) is 4.79 Å². The van der Waals surface area contributed by atoms with Gasteiger partial charge in [-0.15, -0.1) is 0 Å². The Morgan fingerprint density at radius 2 is 1.78 bits per heavy atom. The number of carbonyl (C=O) groups is 1. The molecule has 1 spiro atoms. The van der Waals surface area contributed by atoms with Crippen molar-refractivity contribution >= 4 is 11.7 Å². The zero-order valence-corrected chi connectivity index (χ0v) is 25.2. The number of rotatable bonds is 8. The van der Waals surface area contributed by atoms with Gasteiger partial charge in [-0.2, -0.15) is 0 Å². The van der Waals surface area contributed by atoms with E-state index in [0.29, 0.717) is 34.7 Å². The maximum Gasteiger partial charge on any atom is 0.258 e. The van der Waals surface area contributed by atoms with Gasteiger partial charge < -0.3 is 25.2 Å². The molecule has 1 aromatic heterocycles. The highest BCUT2D eigenvalue weighted by Gasteiger charge is 2.38. The van der Waals surface area contributed by atoms with Crippen LogP contribution in [0.3, 0.4) is 0 Å². The van der Waals surface area contributed by atoms with Crippen molar-refractivity contribution in [2.45, 2.75) is 90.8 Å². The normalized spacial score (nSPS) is 21.7. The van der Waals surface area contributed by atoms with Gasteiger partial charge >= 0.3 is 0 Å². The van der Waals surface area contributed by atoms with Crippen LogP contribution < -0.4 is 15.4 Å². The predicted octanol–water partition coefficient (Wildman–Crippen LogP) is 5.48. The Morgan fingerprint density at radius 1 is 1.07 bits per heavy atom. The number of aromatic nitrogens is 2. The molecule has 224 valence electrons. The number of hydrogen-bond donors (Lipinski definition) is 1. The first-order chi connectivity index (χ1) is 19.6. The first-order valence-electron chi connectivity index (χ1n) is 15.5. The minimum absolute atomic E-state index is 0.0397. The van der Waals surface area contributed by atoms with Crippen molar-refractivity contribution in [3.63, 3.8) is 0 Å². The number of nitrogens with two attached hydrogens (primary N) is 1. The number of carbonyl (C=O) groups excluding carboxylic acids is 1. The third kappa shape index (κ3) is 6.83. The van der Waals surface area contributed by atoms with E-state index in [1.165, 1.54) is 76.1 Å². The zero-order chi connectivity index (χ0) is 29.1. The second-order valence-corrected chi connectivity index (χ2v) is 13.1. The number of amides is 1. The average Bonchev–Trinajstić information content (AvgIpc) is 3.41. The lowest BCUT2D eigenvalue weighted by atomic mass is 9.67.